The van der Waals surface area contributed by atoms with Crippen LogP contribution in [-0.2, 0) is 12.7 Å². The molecule has 1 aliphatic rings. The lowest BCUT2D eigenvalue weighted by atomic mass is 10.1. The van der Waals surface area contributed by atoms with Crippen LogP contribution in [0.15, 0.2) is 53.9 Å². The second-order valence-electron chi connectivity index (χ2n) is 7.50. The molecule has 1 saturated heterocycles. The summed E-state index contributed by atoms with van der Waals surface area (Å²) in [5.41, 5.74) is 8.34. The Labute approximate surface area is 182 Å². The van der Waals surface area contributed by atoms with Crippen LogP contribution in [0.4, 0.5) is 19.0 Å². The molecule has 0 saturated carbocycles. The first kappa shape index (κ1) is 21.6. The topological polar surface area (TPSA) is 107 Å². The predicted octanol–water partition coefficient (Wildman–Crippen LogP) is 2.91. The third-order valence-corrected chi connectivity index (χ3v) is 5.46. The number of rotatable bonds is 5. The second kappa shape index (κ2) is 8.87. The van der Waals surface area contributed by atoms with Crippen LogP contribution in [0.25, 0.3) is 11.3 Å². The summed E-state index contributed by atoms with van der Waals surface area (Å²) in [6.07, 6.45) is -1.72. The summed E-state index contributed by atoms with van der Waals surface area (Å²) >= 11 is 0. The Kier molecular flexibility index (Phi) is 5.99. The number of benzene rings is 1. The molecular formula is C21H22F3N7O. The van der Waals surface area contributed by atoms with E-state index in [2.05, 4.69) is 25.2 Å². The summed E-state index contributed by atoms with van der Waals surface area (Å²) in [6, 6.07) is 9.77. The zero-order valence-corrected chi connectivity index (χ0v) is 17.0. The normalized spacial score (nSPS) is 15.8. The number of anilines is 1. The van der Waals surface area contributed by atoms with Crippen molar-refractivity contribution in [2.45, 2.75) is 12.7 Å². The van der Waals surface area contributed by atoms with Gasteiger partial charge in [0.05, 0.1) is 17.5 Å². The highest BCUT2D eigenvalue weighted by Crippen LogP contribution is 2.29. The predicted molar refractivity (Wildman–Crippen MR) is 113 cm³/mol. The third kappa shape index (κ3) is 4.67. The van der Waals surface area contributed by atoms with Crippen LogP contribution in [0.3, 0.4) is 0 Å². The highest BCUT2D eigenvalue weighted by molar-refractivity contribution is 5.97. The molecule has 1 fully saturated rings. The number of hydrogen-bond acceptors (Lipinski definition) is 6. The first-order valence-corrected chi connectivity index (χ1v) is 9.96. The van der Waals surface area contributed by atoms with Crippen molar-refractivity contribution < 1.29 is 18.4 Å². The van der Waals surface area contributed by atoms with E-state index in [1.54, 1.807) is 18.3 Å². The number of hydrogen-bond donors (Lipinski definition) is 3. The Morgan fingerprint density at radius 3 is 2.38 bits per heavy atom. The lowest BCUT2D eigenvalue weighted by molar-refractivity contribution is -0.137. The van der Waals surface area contributed by atoms with Crippen LogP contribution in [-0.4, -0.2) is 57.3 Å². The molecule has 4 rings (SSSR count). The lowest BCUT2D eigenvalue weighted by Crippen LogP contribution is -2.46. The number of nitrogens with one attached hydrogen (secondary N) is 1. The van der Waals surface area contributed by atoms with E-state index in [4.69, 9.17) is 10.9 Å². The van der Waals surface area contributed by atoms with Crippen LogP contribution < -0.4 is 10.6 Å². The maximum Gasteiger partial charge on any atom is 0.417 e. The van der Waals surface area contributed by atoms with Gasteiger partial charge >= 0.3 is 6.18 Å². The molecule has 168 valence electrons. The first-order valence-electron chi connectivity index (χ1n) is 9.96. The zero-order valence-electron chi connectivity index (χ0n) is 17.0. The standard InChI is InChI=1S/C21H22F3N7O/c22-21(23,24)17-5-6-18(26-12-17)31-9-7-30(8-10-31)13-16-11-27-28-19(16)14-1-3-15(4-2-14)20(25)29-32/h1-6,11-12,32H,7-10,13H2,(H2,25,29)(H,27,28). The molecule has 0 spiro atoms. The Morgan fingerprint density at radius 2 is 1.78 bits per heavy atom. The molecule has 3 heterocycles. The van der Waals surface area contributed by atoms with Gasteiger partial charge in [0.25, 0.3) is 0 Å². The van der Waals surface area contributed by atoms with E-state index >= 15 is 0 Å². The number of nitrogens with two attached hydrogens (primary N) is 1. The van der Waals surface area contributed by atoms with Gasteiger partial charge in [0.2, 0.25) is 0 Å². The summed E-state index contributed by atoms with van der Waals surface area (Å²) in [5, 5.41) is 19.0. The van der Waals surface area contributed by atoms with Crippen molar-refractivity contribution in [2.75, 3.05) is 31.1 Å². The average Bonchev–Trinajstić information content (AvgIpc) is 3.27. The van der Waals surface area contributed by atoms with Gasteiger partial charge in [0.15, 0.2) is 5.84 Å². The molecule has 4 N–H and O–H groups in total. The van der Waals surface area contributed by atoms with Crippen LogP contribution in [0, 0.1) is 0 Å². The van der Waals surface area contributed by atoms with Crippen LogP contribution in [0.2, 0.25) is 0 Å². The fourth-order valence-corrected chi connectivity index (χ4v) is 3.66. The van der Waals surface area contributed by atoms with Crippen LogP contribution >= 0.6 is 0 Å². The van der Waals surface area contributed by atoms with Gasteiger partial charge in [-0.3, -0.25) is 10.00 Å². The molecular weight excluding hydrogens is 423 g/mol. The van der Waals surface area contributed by atoms with Crippen LogP contribution in [0.1, 0.15) is 16.7 Å². The highest BCUT2D eigenvalue weighted by atomic mass is 19.4. The van der Waals surface area contributed by atoms with E-state index in [0.29, 0.717) is 31.0 Å². The van der Waals surface area contributed by atoms with E-state index in [9.17, 15) is 13.2 Å². The number of aromatic nitrogens is 3. The number of amidine groups is 1. The monoisotopic (exact) mass is 445 g/mol. The minimum atomic E-state index is -4.38. The molecule has 0 aliphatic carbocycles. The highest BCUT2D eigenvalue weighted by Gasteiger charge is 2.31. The van der Waals surface area contributed by atoms with Gasteiger partial charge in [-0.1, -0.05) is 29.4 Å². The summed E-state index contributed by atoms with van der Waals surface area (Å²) < 4.78 is 38.2. The summed E-state index contributed by atoms with van der Waals surface area (Å²) in [4.78, 5) is 8.24. The Hall–Kier alpha value is -3.60. The minimum Gasteiger partial charge on any atom is -0.409 e. The van der Waals surface area contributed by atoms with Crippen molar-refractivity contribution in [1.82, 2.24) is 20.1 Å². The molecule has 0 atom stereocenters. The van der Waals surface area contributed by atoms with Crippen molar-refractivity contribution in [3.63, 3.8) is 0 Å². The maximum atomic E-state index is 12.7. The minimum absolute atomic E-state index is 0.0433. The molecule has 0 bridgehead atoms. The number of halogens is 3. The molecule has 3 aromatic rings. The summed E-state index contributed by atoms with van der Waals surface area (Å²) in [6.45, 7) is 3.51. The van der Waals surface area contributed by atoms with Gasteiger partial charge in [0.1, 0.15) is 5.82 Å². The Balaban J connectivity index is 1.38. The Morgan fingerprint density at radius 1 is 1.06 bits per heavy atom. The summed E-state index contributed by atoms with van der Waals surface area (Å²) in [7, 11) is 0. The van der Waals surface area contributed by atoms with Gasteiger partial charge in [-0.2, -0.15) is 18.3 Å². The van der Waals surface area contributed by atoms with Crippen LogP contribution in [0.5, 0.6) is 0 Å². The fourth-order valence-electron chi connectivity index (χ4n) is 3.66. The fraction of sp³-hybridized carbons (Fsp3) is 0.286. The lowest BCUT2D eigenvalue weighted by Gasteiger charge is -2.35. The number of H-pyrrole nitrogens is 1. The maximum absolute atomic E-state index is 12.7. The molecule has 0 radical (unpaired) electrons. The average molecular weight is 445 g/mol. The molecule has 8 nitrogen and oxygen atoms in total. The third-order valence-electron chi connectivity index (χ3n) is 5.46. The van der Waals surface area contributed by atoms with E-state index in [1.807, 2.05) is 17.0 Å². The SMILES string of the molecule is N/C(=N\O)c1ccc(-c2[nH]ncc2CN2CCN(c3ccc(C(F)(F)F)cn3)CC2)cc1. The van der Waals surface area contributed by atoms with Crippen molar-refractivity contribution in [3.05, 3.63) is 65.5 Å². The quantitative estimate of drug-likeness (QED) is 0.241. The molecule has 2 aromatic heterocycles. The van der Waals surface area contributed by atoms with Crippen molar-refractivity contribution in [2.24, 2.45) is 10.9 Å². The number of aromatic amines is 1. The van der Waals surface area contributed by atoms with Crippen molar-refractivity contribution in [1.29, 1.82) is 0 Å². The van der Waals surface area contributed by atoms with Crippen molar-refractivity contribution >= 4 is 11.7 Å². The first-order chi connectivity index (χ1) is 15.3. The second-order valence-corrected chi connectivity index (χ2v) is 7.50. The zero-order chi connectivity index (χ0) is 22.7. The molecule has 32 heavy (non-hydrogen) atoms. The molecule has 0 unspecified atom stereocenters. The molecule has 0 amide bonds. The number of nitrogens with zero attached hydrogens (tertiary/aromatic N) is 5. The van der Waals surface area contributed by atoms with Gasteiger partial charge < -0.3 is 15.8 Å². The number of alkyl halides is 3. The summed E-state index contributed by atoms with van der Waals surface area (Å²) in [5.74, 6) is 0.592. The van der Waals surface area contributed by atoms with E-state index in [-0.39, 0.29) is 5.84 Å². The van der Waals surface area contributed by atoms with E-state index < -0.39 is 11.7 Å². The molecule has 1 aliphatic heterocycles. The number of piperazine rings is 1. The van der Waals surface area contributed by atoms with E-state index in [0.717, 1.165) is 42.2 Å². The number of pyridine rings is 1. The smallest absolute Gasteiger partial charge is 0.409 e. The van der Waals surface area contributed by atoms with Gasteiger partial charge in [-0.15, -0.1) is 0 Å². The number of oxime groups is 1. The molecule has 11 heteroatoms. The van der Waals surface area contributed by atoms with Gasteiger partial charge in [-0.25, -0.2) is 4.98 Å². The largest absolute Gasteiger partial charge is 0.417 e. The molecule has 1 aromatic carbocycles. The Bertz CT molecular complexity index is 1070. The van der Waals surface area contributed by atoms with Crippen molar-refractivity contribution in [3.8, 4) is 11.3 Å². The van der Waals surface area contributed by atoms with Gasteiger partial charge in [0, 0.05) is 50.0 Å². The van der Waals surface area contributed by atoms with Gasteiger partial charge in [-0.05, 0) is 17.7 Å². The van der Waals surface area contributed by atoms with E-state index in [1.165, 1.54) is 6.07 Å².